The molecule has 1 aliphatic carbocycles. The summed E-state index contributed by atoms with van der Waals surface area (Å²) in [7, 11) is 0. The van der Waals surface area contributed by atoms with Crippen LogP contribution in [0.25, 0.3) is 0 Å². The van der Waals surface area contributed by atoms with E-state index in [9.17, 15) is 15.0 Å². The van der Waals surface area contributed by atoms with E-state index in [1.165, 1.54) is 0 Å². The molecule has 94 valence electrons. The minimum atomic E-state index is -0.0364. The van der Waals surface area contributed by atoms with Gasteiger partial charge in [-0.05, 0) is 37.0 Å². The van der Waals surface area contributed by atoms with Crippen molar-refractivity contribution in [2.45, 2.75) is 33.1 Å². The van der Waals surface area contributed by atoms with Crippen LogP contribution in [-0.2, 0) is 4.79 Å². The Bertz CT molecular complexity index is 213. The summed E-state index contributed by atoms with van der Waals surface area (Å²) < 4.78 is 0. The third kappa shape index (κ3) is 3.05. The fourth-order valence-corrected chi connectivity index (χ4v) is 2.83. The van der Waals surface area contributed by atoms with Gasteiger partial charge in [-0.2, -0.15) is 0 Å². The number of hydrogen-bond donors (Lipinski definition) is 2. The van der Waals surface area contributed by atoms with E-state index in [-0.39, 0.29) is 25.0 Å². The molecule has 0 bridgehead atoms. The summed E-state index contributed by atoms with van der Waals surface area (Å²) in [5, 5.41) is 18.3. The first-order valence-electron chi connectivity index (χ1n) is 6.31. The molecule has 0 amide bonds. The molecule has 0 aromatic rings. The molecule has 16 heavy (non-hydrogen) atoms. The van der Waals surface area contributed by atoms with E-state index in [0.29, 0.717) is 17.8 Å². The highest BCUT2D eigenvalue weighted by atomic mass is 16.3. The quantitative estimate of drug-likeness (QED) is 0.701. The molecule has 0 aliphatic heterocycles. The SMILES string of the molecule is CC1CCC(C(C)C(CO)CO)CC1C=O. The number of carbonyl (C=O) groups is 1. The zero-order valence-corrected chi connectivity index (χ0v) is 10.3. The average Bonchev–Trinajstić information content (AvgIpc) is 2.31. The van der Waals surface area contributed by atoms with Gasteiger partial charge in [-0.1, -0.05) is 13.8 Å². The summed E-state index contributed by atoms with van der Waals surface area (Å²) in [6.45, 7) is 4.29. The molecule has 4 atom stereocenters. The largest absolute Gasteiger partial charge is 0.396 e. The molecule has 1 saturated carbocycles. The molecule has 0 radical (unpaired) electrons. The summed E-state index contributed by atoms with van der Waals surface area (Å²) in [5.74, 6) is 1.38. The fraction of sp³-hybridized carbons (Fsp3) is 0.923. The fourth-order valence-electron chi connectivity index (χ4n) is 2.83. The second kappa shape index (κ2) is 6.36. The number of aldehydes is 1. The van der Waals surface area contributed by atoms with Gasteiger partial charge in [0.1, 0.15) is 6.29 Å². The predicted molar refractivity (Wildman–Crippen MR) is 62.9 cm³/mol. The third-order valence-corrected chi connectivity index (χ3v) is 4.43. The maximum absolute atomic E-state index is 10.9. The van der Waals surface area contributed by atoms with Gasteiger partial charge in [0.25, 0.3) is 0 Å². The Labute approximate surface area is 97.9 Å². The van der Waals surface area contributed by atoms with Crippen molar-refractivity contribution in [3.05, 3.63) is 0 Å². The van der Waals surface area contributed by atoms with Gasteiger partial charge in [-0.15, -0.1) is 0 Å². The Morgan fingerprint density at radius 3 is 2.44 bits per heavy atom. The summed E-state index contributed by atoms with van der Waals surface area (Å²) in [6, 6.07) is 0. The van der Waals surface area contributed by atoms with Gasteiger partial charge in [0.05, 0.1) is 0 Å². The molecular weight excluding hydrogens is 204 g/mol. The molecule has 0 saturated heterocycles. The summed E-state index contributed by atoms with van der Waals surface area (Å²) in [5.41, 5.74) is 0. The van der Waals surface area contributed by atoms with Crippen LogP contribution >= 0.6 is 0 Å². The average molecular weight is 228 g/mol. The second-order valence-corrected chi connectivity index (χ2v) is 5.33. The van der Waals surface area contributed by atoms with Crippen LogP contribution in [0.1, 0.15) is 33.1 Å². The van der Waals surface area contributed by atoms with Crippen molar-refractivity contribution in [1.82, 2.24) is 0 Å². The first kappa shape index (κ1) is 13.7. The van der Waals surface area contributed by atoms with Gasteiger partial charge < -0.3 is 15.0 Å². The van der Waals surface area contributed by atoms with Gasteiger partial charge in [0, 0.05) is 25.0 Å². The Morgan fingerprint density at radius 2 is 1.94 bits per heavy atom. The molecule has 1 aliphatic rings. The lowest BCUT2D eigenvalue weighted by Crippen LogP contribution is -2.33. The van der Waals surface area contributed by atoms with Crippen molar-refractivity contribution in [3.8, 4) is 0 Å². The number of hydrogen-bond acceptors (Lipinski definition) is 3. The first-order chi connectivity index (χ1) is 7.63. The number of rotatable bonds is 5. The van der Waals surface area contributed by atoms with E-state index < -0.39 is 0 Å². The van der Waals surface area contributed by atoms with Gasteiger partial charge in [0.2, 0.25) is 0 Å². The summed E-state index contributed by atoms with van der Waals surface area (Å²) in [6.07, 6.45) is 4.20. The third-order valence-electron chi connectivity index (χ3n) is 4.43. The first-order valence-corrected chi connectivity index (χ1v) is 6.31. The van der Waals surface area contributed by atoms with Crippen molar-refractivity contribution in [3.63, 3.8) is 0 Å². The van der Waals surface area contributed by atoms with E-state index in [1.54, 1.807) is 0 Å². The molecular formula is C13H24O3. The molecule has 4 unspecified atom stereocenters. The molecule has 0 aromatic heterocycles. The van der Waals surface area contributed by atoms with E-state index in [0.717, 1.165) is 25.5 Å². The standard InChI is InChI=1S/C13H24O3/c1-9-3-4-11(5-12(9)6-14)10(2)13(7-15)8-16/h6,9-13,15-16H,3-5,7-8H2,1-2H3. The van der Waals surface area contributed by atoms with E-state index in [1.807, 2.05) is 0 Å². The molecule has 3 heteroatoms. The number of carbonyl (C=O) groups excluding carboxylic acids is 1. The Kier molecular flexibility index (Phi) is 5.42. The van der Waals surface area contributed by atoms with Crippen LogP contribution < -0.4 is 0 Å². The predicted octanol–water partition coefficient (Wildman–Crippen LogP) is 1.47. The van der Waals surface area contributed by atoms with Crippen molar-refractivity contribution < 1.29 is 15.0 Å². The number of aliphatic hydroxyl groups is 2. The normalized spacial score (nSPS) is 32.7. The second-order valence-electron chi connectivity index (χ2n) is 5.33. The Hall–Kier alpha value is -0.410. The van der Waals surface area contributed by atoms with Crippen molar-refractivity contribution in [1.29, 1.82) is 0 Å². The smallest absolute Gasteiger partial charge is 0.123 e. The van der Waals surface area contributed by atoms with Crippen molar-refractivity contribution in [2.75, 3.05) is 13.2 Å². The lowest BCUT2D eigenvalue weighted by Gasteiger charge is -2.37. The van der Waals surface area contributed by atoms with E-state index in [2.05, 4.69) is 13.8 Å². The maximum Gasteiger partial charge on any atom is 0.123 e. The summed E-state index contributed by atoms with van der Waals surface area (Å²) >= 11 is 0. The minimum absolute atomic E-state index is 0.0364. The molecule has 0 spiro atoms. The lowest BCUT2D eigenvalue weighted by molar-refractivity contribution is -0.114. The Morgan fingerprint density at radius 1 is 1.31 bits per heavy atom. The monoisotopic (exact) mass is 228 g/mol. The van der Waals surface area contributed by atoms with Crippen LogP contribution in [-0.4, -0.2) is 29.7 Å². The van der Waals surface area contributed by atoms with Gasteiger partial charge in [0.15, 0.2) is 0 Å². The van der Waals surface area contributed by atoms with Crippen LogP contribution in [0.4, 0.5) is 0 Å². The van der Waals surface area contributed by atoms with Gasteiger partial charge in [-0.3, -0.25) is 0 Å². The van der Waals surface area contributed by atoms with Crippen LogP contribution in [0.5, 0.6) is 0 Å². The maximum atomic E-state index is 10.9. The van der Waals surface area contributed by atoms with E-state index >= 15 is 0 Å². The molecule has 0 aromatic carbocycles. The zero-order valence-electron chi connectivity index (χ0n) is 10.3. The lowest BCUT2D eigenvalue weighted by atomic mass is 9.69. The highest BCUT2D eigenvalue weighted by molar-refractivity contribution is 5.54. The van der Waals surface area contributed by atoms with Gasteiger partial charge >= 0.3 is 0 Å². The number of aliphatic hydroxyl groups excluding tert-OH is 2. The van der Waals surface area contributed by atoms with Crippen molar-refractivity contribution >= 4 is 6.29 Å². The zero-order chi connectivity index (χ0) is 12.1. The van der Waals surface area contributed by atoms with Crippen LogP contribution in [0.3, 0.4) is 0 Å². The topological polar surface area (TPSA) is 57.5 Å². The van der Waals surface area contributed by atoms with Crippen LogP contribution in [0.2, 0.25) is 0 Å². The summed E-state index contributed by atoms with van der Waals surface area (Å²) in [4.78, 5) is 10.9. The molecule has 1 fully saturated rings. The molecule has 1 rings (SSSR count). The minimum Gasteiger partial charge on any atom is -0.396 e. The Balaban J connectivity index is 2.57. The highest BCUT2D eigenvalue weighted by Crippen LogP contribution is 2.38. The van der Waals surface area contributed by atoms with Gasteiger partial charge in [-0.25, -0.2) is 0 Å². The van der Waals surface area contributed by atoms with E-state index in [4.69, 9.17) is 0 Å². The highest BCUT2D eigenvalue weighted by Gasteiger charge is 2.33. The van der Waals surface area contributed by atoms with Crippen molar-refractivity contribution in [2.24, 2.45) is 29.6 Å². The molecule has 2 N–H and O–H groups in total. The molecule has 3 nitrogen and oxygen atoms in total. The van der Waals surface area contributed by atoms with Crippen LogP contribution in [0, 0.1) is 29.6 Å². The van der Waals surface area contributed by atoms with Crippen LogP contribution in [0.15, 0.2) is 0 Å². The molecule has 0 heterocycles.